The molecule has 0 spiro atoms. The van der Waals surface area contributed by atoms with Crippen LogP contribution >= 0.6 is 23.5 Å². The monoisotopic (exact) mass is 390 g/mol. The molecule has 2 heteroatoms. The van der Waals surface area contributed by atoms with E-state index in [9.17, 15) is 0 Å². The van der Waals surface area contributed by atoms with Gasteiger partial charge in [0.05, 0.1) is 0 Å². The molecule has 0 aromatic heterocycles. The Bertz CT molecular complexity index is 1460. The first-order chi connectivity index (χ1) is 13.9. The Morgan fingerprint density at radius 1 is 0.500 bits per heavy atom. The van der Waals surface area contributed by atoms with Crippen molar-refractivity contribution in [3.8, 4) is 22.3 Å². The summed E-state index contributed by atoms with van der Waals surface area (Å²) >= 11 is 3.83. The third kappa shape index (κ3) is 1.89. The second-order valence-corrected chi connectivity index (χ2v) is 9.48. The molecule has 1 heterocycles. The van der Waals surface area contributed by atoms with Crippen molar-refractivity contribution in [3.63, 3.8) is 0 Å². The molecule has 0 atom stereocenters. The van der Waals surface area contributed by atoms with Gasteiger partial charge in [0.2, 0.25) is 0 Å². The van der Waals surface area contributed by atoms with Gasteiger partial charge in [0.1, 0.15) is 0 Å². The minimum absolute atomic E-state index is 1.32. The van der Waals surface area contributed by atoms with E-state index in [-0.39, 0.29) is 0 Å². The van der Waals surface area contributed by atoms with Crippen LogP contribution in [0.25, 0.3) is 43.8 Å². The molecule has 0 amide bonds. The fourth-order valence-corrected chi connectivity index (χ4v) is 7.09. The average Bonchev–Trinajstić information content (AvgIpc) is 3.09. The number of benzene rings is 5. The molecule has 28 heavy (non-hydrogen) atoms. The summed E-state index contributed by atoms with van der Waals surface area (Å²) in [5.74, 6) is 0. The van der Waals surface area contributed by atoms with Crippen LogP contribution in [-0.2, 0) is 0 Å². The maximum absolute atomic E-state index is 2.34. The largest absolute Gasteiger partial charge is 0.0877 e. The van der Waals surface area contributed by atoms with Crippen molar-refractivity contribution in [2.45, 2.75) is 19.6 Å². The number of fused-ring (bicyclic) bond motifs is 8. The fraction of sp³-hybridized carbons (Fsp3) is 0. The van der Waals surface area contributed by atoms with E-state index in [1.807, 2.05) is 23.5 Å². The molecule has 5 aromatic rings. The second-order valence-electron chi connectivity index (χ2n) is 7.34. The first kappa shape index (κ1) is 15.3. The van der Waals surface area contributed by atoms with Gasteiger partial charge in [0.15, 0.2) is 0 Å². The van der Waals surface area contributed by atoms with Gasteiger partial charge in [-0.25, -0.2) is 0 Å². The molecule has 0 nitrogen and oxygen atoms in total. The zero-order valence-electron chi connectivity index (χ0n) is 14.9. The highest BCUT2D eigenvalue weighted by Gasteiger charge is 2.29. The lowest BCUT2D eigenvalue weighted by molar-refractivity contribution is 1.16. The summed E-state index contributed by atoms with van der Waals surface area (Å²) in [6.07, 6.45) is 0. The Morgan fingerprint density at radius 3 is 2.21 bits per heavy atom. The predicted molar refractivity (Wildman–Crippen MR) is 121 cm³/mol. The van der Waals surface area contributed by atoms with E-state index in [2.05, 4.69) is 84.9 Å². The summed E-state index contributed by atoms with van der Waals surface area (Å²) in [5, 5.41) is 5.43. The third-order valence-corrected chi connectivity index (χ3v) is 8.43. The Morgan fingerprint density at radius 2 is 1.29 bits per heavy atom. The molecular weight excluding hydrogens is 376 g/mol. The Hall–Kier alpha value is -2.68. The molecule has 1 aliphatic carbocycles. The van der Waals surface area contributed by atoms with Crippen molar-refractivity contribution in [3.05, 3.63) is 84.9 Å². The Labute approximate surface area is 171 Å². The first-order valence-corrected chi connectivity index (χ1v) is 11.1. The molecular formula is C26H14S2. The van der Waals surface area contributed by atoms with E-state index in [1.54, 1.807) is 0 Å². The van der Waals surface area contributed by atoms with Crippen LogP contribution < -0.4 is 0 Å². The molecule has 0 unspecified atom stereocenters. The lowest BCUT2D eigenvalue weighted by Gasteiger charge is -2.21. The third-order valence-electron chi connectivity index (χ3n) is 5.83. The number of hydrogen-bond acceptors (Lipinski definition) is 2. The van der Waals surface area contributed by atoms with Gasteiger partial charge in [-0.3, -0.25) is 0 Å². The predicted octanol–water partition coefficient (Wildman–Crippen LogP) is 8.26. The van der Waals surface area contributed by atoms with Crippen LogP contribution in [0.2, 0.25) is 0 Å². The highest BCUT2D eigenvalue weighted by Crippen LogP contribution is 2.59. The summed E-state index contributed by atoms with van der Waals surface area (Å²) < 4.78 is 0. The minimum Gasteiger partial charge on any atom is -0.0877 e. The van der Waals surface area contributed by atoms with Gasteiger partial charge < -0.3 is 0 Å². The highest BCUT2D eigenvalue weighted by molar-refractivity contribution is 8.05. The standard InChI is InChI=1S/C26H14S2/c1-2-8-17-15(6-1)14-16-7-5-9-18-23(16)24(17)19-12-13-22-26(25(18)19)28-21-11-4-3-10-20(21)27-22/h1-14H. The van der Waals surface area contributed by atoms with E-state index in [0.29, 0.717) is 0 Å². The van der Waals surface area contributed by atoms with E-state index >= 15 is 0 Å². The van der Waals surface area contributed by atoms with Crippen molar-refractivity contribution in [2.75, 3.05) is 0 Å². The fourth-order valence-electron chi connectivity index (χ4n) is 4.68. The van der Waals surface area contributed by atoms with E-state index < -0.39 is 0 Å². The van der Waals surface area contributed by atoms with Crippen LogP contribution in [0, 0.1) is 0 Å². The lowest BCUT2D eigenvalue weighted by atomic mass is 9.96. The molecule has 1 aliphatic heterocycles. The van der Waals surface area contributed by atoms with Crippen LogP contribution in [0.15, 0.2) is 105 Å². The average molecular weight is 391 g/mol. The van der Waals surface area contributed by atoms with Crippen LogP contribution in [0.5, 0.6) is 0 Å². The molecule has 130 valence electrons. The van der Waals surface area contributed by atoms with Crippen LogP contribution in [0.3, 0.4) is 0 Å². The normalized spacial score (nSPS) is 13.4. The Kier molecular flexibility index (Phi) is 2.96. The summed E-state index contributed by atoms with van der Waals surface area (Å²) in [6.45, 7) is 0. The molecule has 0 N–H and O–H groups in total. The van der Waals surface area contributed by atoms with Crippen LogP contribution in [0.4, 0.5) is 0 Å². The van der Waals surface area contributed by atoms with Gasteiger partial charge in [-0.15, -0.1) is 0 Å². The van der Waals surface area contributed by atoms with Gasteiger partial charge in [-0.2, -0.15) is 0 Å². The minimum atomic E-state index is 1.32. The van der Waals surface area contributed by atoms with E-state index in [1.165, 1.54) is 63.4 Å². The van der Waals surface area contributed by atoms with Crippen molar-refractivity contribution in [1.29, 1.82) is 0 Å². The number of hydrogen-bond donors (Lipinski definition) is 0. The van der Waals surface area contributed by atoms with Gasteiger partial charge in [0, 0.05) is 25.1 Å². The van der Waals surface area contributed by atoms with E-state index in [4.69, 9.17) is 0 Å². The van der Waals surface area contributed by atoms with E-state index in [0.717, 1.165) is 0 Å². The van der Waals surface area contributed by atoms with Gasteiger partial charge >= 0.3 is 0 Å². The topological polar surface area (TPSA) is 0 Å². The smallest absolute Gasteiger partial charge is 0.0347 e. The van der Waals surface area contributed by atoms with Crippen LogP contribution in [-0.4, -0.2) is 0 Å². The Balaban J connectivity index is 1.61. The quantitative estimate of drug-likeness (QED) is 0.239. The summed E-state index contributed by atoms with van der Waals surface area (Å²) in [5.41, 5.74) is 5.60. The second kappa shape index (κ2) is 5.44. The van der Waals surface area contributed by atoms with Crippen molar-refractivity contribution in [2.24, 2.45) is 0 Å². The van der Waals surface area contributed by atoms with Gasteiger partial charge in [-0.05, 0) is 62.5 Å². The molecule has 2 aliphatic rings. The number of rotatable bonds is 0. The molecule has 0 bridgehead atoms. The van der Waals surface area contributed by atoms with Crippen molar-refractivity contribution in [1.82, 2.24) is 0 Å². The van der Waals surface area contributed by atoms with Crippen molar-refractivity contribution < 1.29 is 0 Å². The molecule has 5 aromatic carbocycles. The summed E-state index contributed by atoms with van der Waals surface area (Å²) in [7, 11) is 0. The molecule has 0 saturated heterocycles. The molecule has 7 rings (SSSR count). The summed E-state index contributed by atoms with van der Waals surface area (Å²) in [4.78, 5) is 5.51. The zero-order chi connectivity index (χ0) is 18.2. The first-order valence-electron chi connectivity index (χ1n) is 9.45. The zero-order valence-corrected chi connectivity index (χ0v) is 16.5. The van der Waals surface area contributed by atoms with Crippen molar-refractivity contribution >= 4 is 45.1 Å². The van der Waals surface area contributed by atoms with Gasteiger partial charge in [0.25, 0.3) is 0 Å². The molecule has 0 saturated carbocycles. The molecule has 0 radical (unpaired) electrons. The highest BCUT2D eigenvalue weighted by atomic mass is 32.2. The SMILES string of the molecule is c1ccc2c(c1)Sc1ccc3c(c1S2)-c1cccc2cc4ccccc4c-3c12. The summed E-state index contributed by atoms with van der Waals surface area (Å²) in [6, 6.07) is 31.3. The maximum atomic E-state index is 2.34. The molecule has 0 fully saturated rings. The van der Waals surface area contributed by atoms with Gasteiger partial charge in [-0.1, -0.05) is 84.2 Å². The van der Waals surface area contributed by atoms with Crippen LogP contribution in [0.1, 0.15) is 0 Å². The maximum Gasteiger partial charge on any atom is 0.0347 e. The lowest BCUT2D eigenvalue weighted by Crippen LogP contribution is -1.92.